The highest BCUT2D eigenvalue weighted by atomic mass is 19.4. The molecule has 2 aromatic rings. The highest BCUT2D eigenvalue weighted by molar-refractivity contribution is 6.03. The predicted molar refractivity (Wildman–Crippen MR) is 62.2 cm³/mol. The van der Waals surface area contributed by atoms with Crippen molar-refractivity contribution in [3.63, 3.8) is 0 Å². The first-order valence-electron chi connectivity index (χ1n) is 5.40. The Morgan fingerprint density at radius 3 is 2.45 bits per heavy atom. The Balaban J connectivity index is 2.04. The summed E-state index contributed by atoms with van der Waals surface area (Å²) < 4.78 is 39.6. The number of halogens is 3. The third-order valence-corrected chi connectivity index (χ3v) is 2.17. The summed E-state index contributed by atoms with van der Waals surface area (Å²) in [5, 5.41) is 8.64. The molecule has 0 aliphatic rings. The molecule has 20 heavy (non-hydrogen) atoms. The third-order valence-electron chi connectivity index (χ3n) is 2.17. The Morgan fingerprint density at radius 2 is 1.95 bits per heavy atom. The average Bonchev–Trinajstić information content (AvgIpc) is 2.73. The second-order valence-electron chi connectivity index (χ2n) is 3.77. The van der Waals surface area contributed by atoms with E-state index in [-0.39, 0.29) is 11.5 Å². The molecule has 9 heteroatoms. The molecule has 0 saturated carbocycles. The number of aromatic nitrogens is 3. The van der Waals surface area contributed by atoms with Gasteiger partial charge in [0.1, 0.15) is 11.6 Å². The van der Waals surface area contributed by atoms with Crippen molar-refractivity contribution in [2.24, 2.45) is 0 Å². The maximum Gasteiger partial charge on any atom is 0.573 e. The van der Waals surface area contributed by atoms with Crippen LogP contribution in [0.1, 0.15) is 16.2 Å². The molecule has 0 radical (unpaired) electrons. The molecule has 106 valence electrons. The minimum absolute atomic E-state index is 0.0862. The molecule has 1 aromatic carbocycles. The number of rotatable bonds is 3. The number of aryl methyl sites for hydroxylation is 1. The number of H-pyrrole nitrogens is 1. The van der Waals surface area contributed by atoms with Gasteiger partial charge in [0.2, 0.25) is 5.95 Å². The molecule has 0 unspecified atom stereocenters. The van der Waals surface area contributed by atoms with Crippen LogP contribution in [0.25, 0.3) is 0 Å². The summed E-state index contributed by atoms with van der Waals surface area (Å²) in [5.74, 6) is -0.331. The number of hydrogen-bond acceptors (Lipinski definition) is 4. The van der Waals surface area contributed by atoms with Gasteiger partial charge in [0, 0.05) is 5.56 Å². The second-order valence-corrected chi connectivity index (χ2v) is 3.77. The highest BCUT2D eigenvalue weighted by Crippen LogP contribution is 2.22. The largest absolute Gasteiger partial charge is 0.573 e. The van der Waals surface area contributed by atoms with E-state index in [1.807, 2.05) is 0 Å². The van der Waals surface area contributed by atoms with Gasteiger partial charge < -0.3 is 4.74 Å². The van der Waals surface area contributed by atoms with E-state index in [4.69, 9.17) is 0 Å². The number of carbonyl (C=O) groups is 1. The number of hydrogen-bond donors (Lipinski definition) is 2. The van der Waals surface area contributed by atoms with E-state index in [2.05, 4.69) is 25.2 Å². The van der Waals surface area contributed by atoms with Crippen molar-refractivity contribution >= 4 is 11.9 Å². The normalized spacial score (nSPS) is 11.2. The van der Waals surface area contributed by atoms with Gasteiger partial charge in [0.15, 0.2) is 0 Å². The molecule has 1 amide bonds. The number of carbonyl (C=O) groups excluding carboxylic acids is 1. The molecule has 0 aliphatic carbocycles. The van der Waals surface area contributed by atoms with Gasteiger partial charge in [0.25, 0.3) is 5.91 Å². The van der Waals surface area contributed by atoms with Gasteiger partial charge in [-0.1, -0.05) is 0 Å². The number of nitrogens with one attached hydrogen (secondary N) is 2. The number of alkyl halides is 3. The molecule has 0 saturated heterocycles. The lowest BCUT2D eigenvalue weighted by Crippen LogP contribution is -2.17. The predicted octanol–water partition coefficient (Wildman–Crippen LogP) is 2.26. The molecule has 0 aliphatic heterocycles. The molecule has 2 rings (SSSR count). The summed E-state index contributed by atoms with van der Waals surface area (Å²) in [6, 6.07) is 4.50. The zero-order chi connectivity index (χ0) is 14.8. The Morgan fingerprint density at radius 1 is 1.30 bits per heavy atom. The Kier molecular flexibility index (Phi) is 3.59. The molecule has 1 heterocycles. The van der Waals surface area contributed by atoms with E-state index in [1.165, 1.54) is 12.1 Å². The van der Waals surface area contributed by atoms with E-state index < -0.39 is 18.0 Å². The van der Waals surface area contributed by atoms with E-state index in [0.717, 1.165) is 12.1 Å². The van der Waals surface area contributed by atoms with Gasteiger partial charge in [0.05, 0.1) is 0 Å². The third kappa shape index (κ3) is 3.70. The van der Waals surface area contributed by atoms with Crippen LogP contribution in [0.5, 0.6) is 5.75 Å². The Bertz CT molecular complexity index is 607. The fourth-order valence-corrected chi connectivity index (χ4v) is 1.38. The SMILES string of the molecule is Cc1nc(NC(=O)c2ccc(OC(F)(F)F)cc2)n[nH]1. The van der Waals surface area contributed by atoms with Crippen molar-refractivity contribution in [1.29, 1.82) is 0 Å². The highest BCUT2D eigenvalue weighted by Gasteiger charge is 2.31. The Labute approximate surface area is 111 Å². The number of amides is 1. The van der Waals surface area contributed by atoms with Gasteiger partial charge >= 0.3 is 6.36 Å². The molecule has 6 nitrogen and oxygen atoms in total. The lowest BCUT2D eigenvalue weighted by Gasteiger charge is -2.08. The minimum atomic E-state index is -4.76. The monoisotopic (exact) mass is 286 g/mol. The molecule has 0 spiro atoms. The summed E-state index contributed by atoms with van der Waals surface area (Å²) >= 11 is 0. The first kappa shape index (κ1) is 13.8. The number of ether oxygens (including phenoxy) is 1. The minimum Gasteiger partial charge on any atom is -0.406 e. The lowest BCUT2D eigenvalue weighted by atomic mass is 10.2. The summed E-state index contributed by atoms with van der Waals surface area (Å²) in [5.41, 5.74) is 0.155. The van der Waals surface area contributed by atoms with Crippen LogP contribution in [0, 0.1) is 6.92 Å². The summed E-state index contributed by atoms with van der Waals surface area (Å²) in [6.07, 6.45) is -4.76. The van der Waals surface area contributed by atoms with Gasteiger partial charge in [-0.05, 0) is 31.2 Å². The molecule has 0 bridgehead atoms. The van der Waals surface area contributed by atoms with Crippen LogP contribution < -0.4 is 10.1 Å². The first-order valence-corrected chi connectivity index (χ1v) is 5.40. The van der Waals surface area contributed by atoms with Crippen molar-refractivity contribution in [2.75, 3.05) is 5.32 Å². The van der Waals surface area contributed by atoms with Crippen molar-refractivity contribution < 1.29 is 22.7 Å². The van der Waals surface area contributed by atoms with Gasteiger partial charge in [-0.15, -0.1) is 18.3 Å². The molecule has 2 N–H and O–H groups in total. The van der Waals surface area contributed by atoms with Crippen molar-refractivity contribution in [3.8, 4) is 5.75 Å². The summed E-state index contributed by atoms with van der Waals surface area (Å²) in [6.45, 7) is 1.66. The lowest BCUT2D eigenvalue weighted by molar-refractivity contribution is -0.274. The van der Waals surface area contributed by atoms with Crippen molar-refractivity contribution in [3.05, 3.63) is 35.7 Å². The van der Waals surface area contributed by atoms with Crippen LogP contribution in [0.2, 0.25) is 0 Å². The van der Waals surface area contributed by atoms with E-state index >= 15 is 0 Å². The van der Waals surface area contributed by atoms with Gasteiger partial charge in [-0.2, -0.15) is 4.98 Å². The second kappa shape index (κ2) is 5.19. The maximum atomic E-state index is 12.0. The quantitative estimate of drug-likeness (QED) is 0.907. The summed E-state index contributed by atoms with van der Waals surface area (Å²) in [4.78, 5) is 15.6. The smallest absolute Gasteiger partial charge is 0.406 e. The first-order chi connectivity index (χ1) is 9.33. The van der Waals surface area contributed by atoms with Crippen LogP contribution in [-0.2, 0) is 0 Å². The van der Waals surface area contributed by atoms with Crippen LogP contribution in [0.3, 0.4) is 0 Å². The van der Waals surface area contributed by atoms with Crippen LogP contribution in [0.15, 0.2) is 24.3 Å². The molecular formula is C11H9F3N4O2. The van der Waals surface area contributed by atoms with Crippen LogP contribution in [-0.4, -0.2) is 27.5 Å². The number of anilines is 1. The number of nitrogens with zero attached hydrogens (tertiary/aromatic N) is 2. The standard InChI is InChI=1S/C11H9F3N4O2/c1-6-15-10(18-17-6)16-9(19)7-2-4-8(5-3-7)20-11(12,13)14/h2-5H,1H3,(H2,15,16,17,18,19). The molecule has 0 fully saturated rings. The zero-order valence-electron chi connectivity index (χ0n) is 10.2. The molecule has 1 aromatic heterocycles. The molecular weight excluding hydrogens is 277 g/mol. The maximum absolute atomic E-state index is 12.0. The number of aromatic amines is 1. The van der Waals surface area contributed by atoms with Crippen molar-refractivity contribution in [1.82, 2.24) is 15.2 Å². The van der Waals surface area contributed by atoms with E-state index in [1.54, 1.807) is 6.92 Å². The fourth-order valence-electron chi connectivity index (χ4n) is 1.38. The van der Waals surface area contributed by atoms with E-state index in [0.29, 0.717) is 5.82 Å². The zero-order valence-corrected chi connectivity index (χ0v) is 10.2. The molecule has 0 atom stereocenters. The topological polar surface area (TPSA) is 79.9 Å². The summed E-state index contributed by atoms with van der Waals surface area (Å²) in [7, 11) is 0. The van der Waals surface area contributed by atoms with Crippen molar-refractivity contribution in [2.45, 2.75) is 13.3 Å². The Hall–Kier alpha value is -2.58. The van der Waals surface area contributed by atoms with Gasteiger partial charge in [-0.25, -0.2) is 0 Å². The average molecular weight is 286 g/mol. The van der Waals surface area contributed by atoms with Crippen LogP contribution in [0.4, 0.5) is 19.1 Å². The fraction of sp³-hybridized carbons (Fsp3) is 0.182. The van der Waals surface area contributed by atoms with Crippen LogP contribution >= 0.6 is 0 Å². The van der Waals surface area contributed by atoms with E-state index in [9.17, 15) is 18.0 Å². The number of benzene rings is 1. The van der Waals surface area contributed by atoms with Gasteiger partial charge in [-0.3, -0.25) is 15.2 Å².